The predicted octanol–water partition coefficient (Wildman–Crippen LogP) is 0.346. The van der Waals surface area contributed by atoms with Gasteiger partial charge in [0.15, 0.2) is 4.97 Å². The van der Waals surface area contributed by atoms with Crippen molar-refractivity contribution in [2.75, 3.05) is 20.1 Å². The minimum Gasteiger partial charge on any atom is -0.663 e. The maximum absolute atomic E-state index is 10.8. The number of hydrazine groups is 1. The Morgan fingerprint density at radius 2 is 1.60 bits per heavy atom. The van der Waals surface area contributed by atoms with Gasteiger partial charge in [-0.3, -0.25) is 0 Å². The van der Waals surface area contributed by atoms with Gasteiger partial charge in [0.05, 0.1) is 0 Å². The lowest BCUT2D eigenvalue weighted by atomic mass is 10.6. The van der Waals surface area contributed by atoms with E-state index in [9.17, 15) is 10.4 Å². The van der Waals surface area contributed by atoms with Crippen molar-refractivity contribution in [3.8, 4) is 0 Å². The third-order valence-corrected chi connectivity index (χ3v) is 1.21. The Bertz CT molecular complexity index is 127. The third kappa shape index (κ3) is 2.08. The second kappa shape index (κ2) is 3.92. The molecule has 0 rings (SSSR count). The summed E-state index contributed by atoms with van der Waals surface area (Å²) < 4.78 is 0. The molecule has 0 unspecified atom stereocenters. The Labute approximate surface area is 60.3 Å². The van der Waals surface area contributed by atoms with Crippen LogP contribution in [0.25, 0.3) is 0 Å². The fraction of sp³-hybridized carbons (Fsp3) is 1.00. The highest BCUT2D eigenvalue weighted by Crippen LogP contribution is 1.86. The van der Waals surface area contributed by atoms with E-state index in [1.165, 1.54) is 12.1 Å². The van der Waals surface area contributed by atoms with Gasteiger partial charge in [0, 0.05) is 0 Å². The Morgan fingerprint density at radius 3 is 1.70 bits per heavy atom. The molecule has 5 heteroatoms. The van der Waals surface area contributed by atoms with Crippen molar-refractivity contribution in [2.45, 2.75) is 13.8 Å². The molecular weight excluding hydrogens is 134 g/mol. The van der Waals surface area contributed by atoms with Crippen LogP contribution in [0.2, 0.25) is 0 Å². The van der Waals surface area contributed by atoms with Gasteiger partial charge in [0.1, 0.15) is 20.1 Å². The van der Waals surface area contributed by atoms with Crippen molar-refractivity contribution < 1.29 is 9.83 Å². The van der Waals surface area contributed by atoms with Crippen molar-refractivity contribution >= 4 is 0 Å². The summed E-state index contributed by atoms with van der Waals surface area (Å²) in [6.07, 6.45) is 0. The zero-order valence-corrected chi connectivity index (χ0v) is 6.57. The highest BCUT2D eigenvalue weighted by Gasteiger charge is 2.12. The first-order valence-electron chi connectivity index (χ1n) is 3.26. The minimum atomic E-state index is 0.257. The third-order valence-electron chi connectivity index (χ3n) is 1.21. The van der Waals surface area contributed by atoms with Gasteiger partial charge >= 0.3 is 0 Å². The lowest BCUT2D eigenvalue weighted by Gasteiger charge is -2.10. The maximum Gasteiger partial charge on any atom is 0.162 e. The molecule has 0 aromatic heterocycles. The first-order chi connectivity index (χ1) is 4.63. The van der Waals surface area contributed by atoms with Gasteiger partial charge < -0.3 is 10.4 Å². The Hall–Kier alpha value is -1.00. The number of hydrogen-bond acceptors (Lipinski definition) is 2. The fourth-order valence-electron chi connectivity index (χ4n) is 0.644. The van der Waals surface area contributed by atoms with Crippen LogP contribution in [-0.2, 0) is 0 Å². The van der Waals surface area contributed by atoms with Crippen LogP contribution in [0, 0.1) is 10.4 Å². The molecule has 0 N–H and O–H groups in total. The van der Waals surface area contributed by atoms with Crippen LogP contribution in [0.3, 0.4) is 0 Å². The van der Waals surface area contributed by atoms with Gasteiger partial charge in [0.25, 0.3) is 0 Å². The monoisotopic (exact) mass is 147 g/mol. The van der Waals surface area contributed by atoms with E-state index in [0.29, 0.717) is 18.1 Å². The molecule has 5 nitrogen and oxygen atoms in total. The van der Waals surface area contributed by atoms with E-state index in [4.69, 9.17) is 0 Å². The molecule has 0 aromatic carbocycles. The SMILES string of the molecule is CCN(CC)/[N+]([O-])=[N+](/C)[O-]. The van der Waals surface area contributed by atoms with E-state index in [0.717, 1.165) is 0 Å². The van der Waals surface area contributed by atoms with Crippen molar-refractivity contribution in [3.63, 3.8) is 0 Å². The Morgan fingerprint density at radius 1 is 1.20 bits per heavy atom. The van der Waals surface area contributed by atoms with Gasteiger partial charge in [-0.2, -0.15) is 0 Å². The van der Waals surface area contributed by atoms with Crippen LogP contribution in [-0.4, -0.2) is 35.0 Å². The van der Waals surface area contributed by atoms with Crippen LogP contribution < -0.4 is 0 Å². The first kappa shape index (κ1) is 9.00. The highest BCUT2D eigenvalue weighted by molar-refractivity contribution is 4.28. The summed E-state index contributed by atoms with van der Waals surface area (Å²) in [5.74, 6) is 0. The molecule has 0 atom stereocenters. The number of hydrogen-bond donors (Lipinski definition) is 0. The largest absolute Gasteiger partial charge is 0.663 e. The molecule has 0 aliphatic rings. The molecule has 60 valence electrons. The van der Waals surface area contributed by atoms with Gasteiger partial charge in [-0.15, -0.1) is 0 Å². The average Bonchev–Trinajstić information content (AvgIpc) is 1.90. The van der Waals surface area contributed by atoms with E-state index in [-0.39, 0.29) is 4.86 Å². The Balaban J connectivity index is 4.15. The van der Waals surface area contributed by atoms with Crippen molar-refractivity contribution in [3.05, 3.63) is 10.4 Å². The zero-order chi connectivity index (χ0) is 8.15. The molecule has 0 saturated carbocycles. The van der Waals surface area contributed by atoms with E-state index >= 15 is 0 Å². The molecule has 0 bridgehead atoms. The normalized spacial score (nSPS) is 12.7. The molecule has 0 aliphatic heterocycles. The van der Waals surface area contributed by atoms with Crippen LogP contribution in [0.15, 0.2) is 0 Å². The second-order valence-electron chi connectivity index (χ2n) is 1.86. The summed E-state index contributed by atoms with van der Waals surface area (Å²) in [6, 6.07) is 0. The molecule has 0 radical (unpaired) electrons. The van der Waals surface area contributed by atoms with Crippen molar-refractivity contribution in [1.29, 1.82) is 0 Å². The van der Waals surface area contributed by atoms with Gasteiger partial charge in [-0.25, -0.2) is 0 Å². The minimum absolute atomic E-state index is 0.257. The molecule has 0 saturated heterocycles. The summed E-state index contributed by atoms with van der Waals surface area (Å²) >= 11 is 0. The zero-order valence-electron chi connectivity index (χ0n) is 6.57. The quantitative estimate of drug-likeness (QED) is 0.328. The molecule has 0 spiro atoms. The van der Waals surface area contributed by atoms with Crippen molar-refractivity contribution in [2.24, 2.45) is 0 Å². The van der Waals surface area contributed by atoms with Crippen LogP contribution in [0.1, 0.15) is 13.8 Å². The van der Waals surface area contributed by atoms with Gasteiger partial charge in [-0.05, 0) is 23.7 Å². The number of nitrogens with zero attached hydrogens (tertiary/aromatic N) is 3. The molecule has 0 aromatic rings. The lowest BCUT2D eigenvalue weighted by Crippen LogP contribution is -2.34. The first-order valence-corrected chi connectivity index (χ1v) is 3.26. The molecule has 0 heterocycles. The van der Waals surface area contributed by atoms with Crippen molar-refractivity contribution in [1.82, 2.24) is 5.01 Å². The smallest absolute Gasteiger partial charge is 0.162 e. The topological polar surface area (TPSA) is 55.4 Å². The van der Waals surface area contributed by atoms with E-state index in [1.807, 2.05) is 13.8 Å². The number of hydroxylamine groups is 1. The number of rotatable bonds is 3. The molecule has 0 aliphatic carbocycles. The molecular formula is C5H13N3O2. The van der Waals surface area contributed by atoms with E-state index in [1.54, 1.807) is 0 Å². The Kier molecular flexibility index (Phi) is 3.53. The summed E-state index contributed by atoms with van der Waals surface area (Å²) in [5.41, 5.74) is 0. The summed E-state index contributed by atoms with van der Waals surface area (Å²) in [4.78, 5) is 0.562. The predicted molar refractivity (Wildman–Crippen MR) is 36.1 cm³/mol. The summed E-state index contributed by atoms with van der Waals surface area (Å²) in [6.45, 7) is 4.73. The summed E-state index contributed by atoms with van der Waals surface area (Å²) in [7, 11) is 1.17. The lowest BCUT2D eigenvalue weighted by molar-refractivity contribution is -1.03. The summed E-state index contributed by atoms with van der Waals surface area (Å²) in [5, 5.41) is 22.5. The second-order valence-corrected chi connectivity index (χ2v) is 1.86. The average molecular weight is 147 g/mol. The molecule has 10 heavy (non-hydrogen) atoms. The fourth-order valence-corrected chi connectivity index (χ4v) is 0.644. The molecule has 0 fully saturated rings. The maximum atomic E-state index is 10.8. The van der Waals surface area contributed by atoms with Crippen LogP contribution >= 0.6 is 0 Å². The highest BCUT2D eigenvalue weighted by atomic mass is 16.6. The molecule has 0 amide bonds. The van der Waals surface area contributed by atoms with Crippen LogP contribution in [0.5, 0.6) is 0 Å². The van der Waals surface area contributed by atoms with Gasteiger partial charge in [0.2, 0.25) is 0 Å². The van der Waals surface area contributed by atoms with Crippen LogP contribution in [0.4, 0.5) is 0 Å². The van der Waals surface area contributed by atoms with E-state index in [2.05, 4.69) is 0 Å². The van der Waals surface area contributed by atoms with E-state index < -0.39 is 0 Å². The standard InChI is InChI=1S/C5H13N3O2/c1-4-7(5-2)8(10)6(3)9/h4-5H2,1-3H3/b8-6+. The van der Waals surface area contributed by atoms with Gasteiger partial charge in [-0.1, -0.05) is 0 Å².